The van der Waals surface area contributed by atoms with Gasteiger partial charge >= 0.3 is 0 Å². The number of ether oxygens (including phenoxy) is 2. The van der Waals surface area contributed by atoms with E-state index in [1.807, 2.05) is 55.5 Å². The van der Waals surface area contributed by atoms with E-state index in [4.69, 9.17) is 9.47 Å². The molecule has 0 fully saturated rings. The van der Waals surface area contributed by atoms with E-state index >= 15 is 0 Å². The number of amides is 1. The van der Waals surface area contributed by atoms with Crippen molar-refractivity contribution in [3.8, 4) is 28.7 Å². The average Bonchev–Trinajstić information content (AvgIpc) is 3.19. The van der Waals surface area contributed by atoms with Crippen molar-refractivity contribution >= 4 is 11.7 Å². The van der Waals surface area contributed by atoms with E-state index in [0.717, 1.165) is 33.9 Å². The molecule has 1 N–H and O–H groups in total. The fraction of sp³-hybridized carbons (Fsp3) is 0.208. The summed E-state index contributed by atoms with van der Waals surface area (Å²) in [7, 11) is 3.25. The second-order valence-corrected chi connectivity index (χ2v) is 7.68. The Bertz CT molecular complexity index is 1330. The summed E-state index contributed by atoms with van der Waals surface area (Å²) in [5, 5.41) is 15.9. The SMILES string of the molecule is COc1ccc(-c2cnnc(-n3nc(C)c4c3NC(=O)C[C@H]4c3ccccc3OC)n2)cc1. The Morgan fingerprint density at radius 1 is 1.06 bits per heavy atom. The van der Waals surface area contributed by atoms with E-state index in [1.165, 1.54) is 0 Å². The van der Waals surface area contributed by atoms with Gasteiger partial charge in [0.25, 0.3) is 5.95 Å². The highest BCUT2D eigenvalue weighted by Crippen LogP contribution is 2.42. The van der Waals surface area contributed by atoms with Crippen molar-refractivity contribution in [2.75, 3.05) is 19.5 Å². The van der Waals surface area contributed by atoms with Crippen molar-refractivity contribution < 1.29 is 14.3 Å². The smallest absolute Gasteiger partial charge is 0.272 e. The molecule has 4 aromatic rings. The first-order valence-electron chi connectivity index (χ1n) is 10.5. The number of fused-ring (bicyclic) bond motifs is 1. The van der Waals surface area contributed by atoms with Gasteiger partial charge in [0.05, 0.1) is 31.8 Å². The maximum Gasteiger partial charge on any atom is 0.272 e. The lowest BCUT2D eigenvalue weighted by atomic mass is 9.85. The monoisotopic (exact) mass is 442 g/mol. The largest absolute Gasteiger partial charge is 0.497 e. The number of nitrogens with one attached hydrogen (secondary N) is 1. The first-order chi connectivity index (χ1) is 16.1. The third kappa shape index (κ3) is 3.67. The Hall–Kier alpha value is -4.27. The molecule has 2 aromatic carbocycles. The number of anilines is 1. The first-order valence-corrected chi connectivity index (χ1v) is 10.5. The van der Waals surface area contributed by atoms with Crippen LogP contribution in [-0.2, 0) is 4.79 Å². The second kappa shape index (κ2) is 8.34. The Labute approximate surface area is 190 Å². The van der Waals surface area contributed by atoms with Crippen molar-refractivity contribution in [3.63, 3.8) is 0 Å². The minimum absolute atomic E-state index is 0.112. The molecule has 1 aliphatic heterocycles. The van der Waals surface area contributed by atoms with Crippen LogP contribution in [0, 0.1) is 6.92 Å². The van der Waals surface area contributed by atoms with Gasteiger partial charge in [0.15, 0.2) is 0 Å². The normalized spacial score (nSPS) is 15.0. The molecule has 166 valence electrons. The lowest BCUT2D eigenvalue weighted by Crippen LogP contribution is -2.25. The molecule has 2 aromatic heterocycles. The summed E-state index contributed by atoms with van der Waals surface area (Å²) in [5.74, 6) is 2.00. The molecular formula is C24H22N6O3. The highest BCUT2D eigenvalue weighted by molar-refractivity contribution is 5.95. The molecule has 0 unspecified atom stereocenters. The Balaban J connectivity index is 1.60. The van der Waals surface area contributed by atoms with Crippen LogP contribution in [0.3, 0.4) is 0 Å². The van der Waals surface area contributed by atoms with Crippen LogP contribution in [0.25, 0.3) is 17.2 Å². The number of aryl methyl sites for hydroxylation is 1. The number of methoxy groups -OCH3 is 2. The van der Waals surface area contributed by atoms with Gasteiger partial charge in [-0.2, -0.15) is 14.9 Å². The molecule has 5 rings (SSSR count). The molecule has 1 atom stereocenters. The number of benzene rings is 2. The van der Waals surface area contributed by atoms with E-state index in [1.54, 1.807) is 25.1 Å². The molecule has 0 radical (unpaired) electrons. The van der Waals surface area contributed by atoms with Gasteiger partial charge in [-0.25, -0.2) is 4.98 Å². The van der Waals surface area contributed by atoms with Crippen molar-refractivity contribution in [2.24, 2.45) is 0 Å². The van der Waals surface area contributed by atoms with Crippen LogP contribution in [0.15, 0.2) is 54.7 Å². The lowest BCUT2D eigenvalue weighted by Gasteiger charge is -2.25. The highest BCUT2D eigenvalue weighted by atomic mass is 16.5. The van der Waals surface area contributed by atoms with Crippen molar-refractivity contribution in [1.82, 2.24) is 25.0 Å². The zero-order valence-corrected chi connectivity index (χ0v) is 18.4. The van der Waals surface area contributed by atoms with Crippen LogP contribution in [-0.4, -0.2) is 45.1 Å². The molecule has 3 heterocycles. The second-order valence-electron chi connectivity index (χ2n) is 7.68. The molecule has 0 aliphatic carbocycles. The van der Waals surface area contributed by atoms with Gasteiger partial charge in [-0.15, -0.1) is 5.10 Å². The van der Waals surface area contributed by atoms with Crippen LogP contribution in [0.1, 0.15) is 29.2 Å². The van der Waals surface area contributed by atoms with Crippen molar-refractivity contribution in [2.45, 2.75) is 19.3 Å². The van der Waals surface area contributed by atoms with E-state index in [9.17, 15) is 4.79 Å². The number of hydrogen-bond acceptors (Lipinski definition) is 7. The highest BCUT2D eigenvalue weighted by Gasteiger charge is 2.34. The van der Waals surface area contributed by atoms with Gasteiger partial charge in [0.1, 0.15) is 17.3 Å². The number of carbonyl (C=O) groups excluding carboxylic acids is 1. The summed E-state index contributed by atoms with van der Waals surface area (Å²) in [6.45, 7) is 1.91. The number of rotatable bonds is 5. The molecule has 1 amide bonds. The number of aromatic nitrogens is 5. The molecule has 9 nitrogen and oxygen atoms in total. The lowest BCUT2D eigenvalue weighted by molar-refractivity contribution is -0.116. The maximum absolute atomic E-state index is 12.7. The van der Waals surface area contributed by atoms with Crippen LogP contribution in [0.4, 0.5) is 5.82 Å². The first kappa shape index (κ1) is 20.6. The van der Waals surface area contributed by atoms with Gasteiger partial charge < -0.3 is 14.8 Å². The number of nitrogens with zero attached hydrogens (tertiary/aromatic N) is 5. The fourth-order valence-corrected chi connectivity index (χ4v) is 4.20. The average molecular weight is 442 g/mol. The Morgan fingerprint density at radius 2 is 1.85 bits per heavy atom. The molecule has 0 bridgehead atoms. The summed E-state index contributed by atoms with van der Waals surface area (Å²) in [6.07, 6.45) is 1.88. The van der Waals surface area contributed by atoms with Crippen molar-refractivity contribution in [1.29, 1.82) is 0 Å². The van der Waals surface area contributed by atoms with Gasteiger partial charge in [-0.05, 0) is 37.3 Å². The van der Waals surface area contributed by atoms with Gasteiger partial charge in [-0.3, -0.25) is 4.79 Å². The van der Waals surface area contributed by atoms with Crippen LogP contribution in [0.2, 0.25) is 0 Å². The van der Waals surface area contributed by atoms with Crippen LogP contribution < -0.4 is 14.8 Å². The topological polar surface area (TPSA) is 104 Å². The predicted octanol–water partition coefficient (Wildman–Crippen LogP) is 3.52. The fourth-order valence-electron chi connectivity index (χ4n) is 4.20. The number of carbonyl (C=O) groups is 1. The minimum atomic E-state index is -0.198. The third-order valence-electron chi connectivity index (χ3n) is 5.74. The minimum Gasteiger partial charge on any atom is -0.497 e. The van der Waals surface area contributed by atoms with Gasteiger partial charge in [0, 0.05) is 29.0 Å². The molecular weight excluding hydrogens is 420 g/mol. The molecule has 0 saturated heterocycles. The van der Waals surface area contributed by atoms with Crippen molar-refractivity contribution in [3.05, 3.63) is 71.5 Å². The predicted molar refractivity (Wildman–Crippen MR) is 122 cm³/mol. The Kier molecular flexibility index (Phi) is 5.21. The van der Waals surface area contributed by atoms with Gasteiger partial charge in [-0.1, -0.05) is 18.2 Å². The summed E-state index contributed by atoms with van der Waals surface area (Å²) >= 11 is 0. The zero-order valence-electron chi connectivity index (χ0n) is 18.4. The zero-order chi connectivity index (χ0) is 22.9. The van der Waals surface area contributed by atoms with E-state index in [-0.39, 0.29) is 17.8 Å². The summed E-state index contributed by atoms with van der Waals surface area (Å²) < 4.78 is 12.3. The van der Waals surface area contributed by atoms with Crippen LogP contribution in [0.5, 0.6) is 11.5 Å². The maximum atomic E-state index is 12.7. The van der Waals surface area contributed by atoms with E-state index in [0.29, 0.717) is 17.9 Å². The summed E-state index contributed by atoms with van der Waals surface area (Å²) in [5.41, 5.74) is 4.12. The molecule has 0 spiro atoms. The number of para-hydroxylation sites is 1. The van der Waals surface area contributed by atoms with E-state index in [2.05, 4.69) is 25.6 Å². The quantitative estimate of drug-likeness (QED) is 0.504. The Morgan fingerprint density at radius 3 is 2.61 bits per heavy atom. The summed E-state index contributed by atoms with van der Waals surface area (Å²) in [6, 6.07) is 15.2. The molecule has 33 heavy (non-hydrogen) atoms. The van der Waals surface area contributed by atoms with E-state index < -0.39 is 0 Å². The van der Waals surface area contributed by atoms with Crippen LogP contribution >= 0.6 is 0 Å². The number of hydrogen-bond donors (Lipinski definition) is 1. The standard InChI is InChI=1S/C24H22N6O3/c1-14-22-18(17-6-4-5-7-20(17)33-3)12-21(31)27-23(22)30(29-14)24-26-19(13-25-28-24)15-8-10-16(32-2)11-9-15/h4-11,13,18H,12H2,1-3H3,(H,27,31)/t18-/m0/s1. The molecule has 1 aliphatic rings. The third-order valence-corrected chi connectivity index (χ3v) is 5.74. The summed E-state index contributed by atoms with van der Waals surface area (Å²) in [4.78, 5) is 17.3. The van der Waals surface area contributed by atoms with Gasteiger partial charge in [0.2, 0.25) is 5.91 Å². The molecule has 9 heteroatoms. The molecule has 0 saturated carbocycles.